The molecule has 1 aromatic carbocycles. The van der Waals surface area contributed by atoms with Gasteiger partial charge in [-0.05, 0) is 42.3 Å². The van der Waals surface area contributed by atoms with Crippen LogP contribution in [0.15, 0.2) is 53.5 Å². The van der Waals surface area contributed by atoms with Crippen LogP contribution >= 0.6 is 11.9 Å². The first-order valence-electron chi connectivity index (χ1n) is 8.69. The van der Waals surface area contributed by atoms with Crippen molar-refractivity contribution < 1.29 is 11.0 Å². The average Bonchev–Trinajstić information content (AvgIpc) is 2.64. The molecule has 1 atom stereocenters. The summed E-state index contributed by atoms with van der Waals surface area (Å²) in [6.45, 7) is 10.0. The Bertz CT molecular complexity index is 556. The van der Waals surface area contributed by atoms with Crippen molar-refractivity contribution in [3.63, 3.8) is 0 Å². The number of hydrogen-bond acceptors (Lipinski definition) is 3. The van der Waals surface area contributed by atoms with Gasteiger partial charge in [-0.2, -0.15) is 0 Å². The highest BCUT2D eigenvalue weighted by Gasteiger charge is 2.29. The van der Waals surface area contributed by atoms with Crippen LogP contribution in [0.3, 0.4) is 0 Å². The number of fused-ring (bicyclic) bond motifs is 1. The standard InChI is InChI=1S/C18H22N2S.C2H6.CH4.2H2O/c1-2-3-4-6-15-8-10-16(11-9-15)17-7-5-12-20-13-14-21-19-18(17)20;1-2;;;/h2-4,8-11,17H,1,5-7,12-14H2;1-2H3;1H4;2*1H2/b4-3-;;;;. The van der Waals surface area contributed by atoms with E-state index in [2.05, 4.69) is 41.8 Å². The predicted octanol–water partition coefficient (Wildman–Crippen LogP) is 4.22. The quantitative estimate of drug-likeness (QED) is 0.579. The normalized spacial score (nSPS) is 18.0. The van der Waals surface area contributed by atoms with Gasteiger partial charge in [0.1, 0.15) is 5.84 Å². The third-order valence-corrected chi connectivity index (χ3v) is 4.86. The van der Waals surface area contributed by atoms with E-state index in [4.69, 9.17) is 4.40 Å². The summed E-state index contributed by atoms with van der Waals surface area (Å²) in [7, 11) is 0. The summed E-state index contributed by atoms with van der Waals surface area (Å²) in [6, 6.07) is 9.07. The molecule has 0 amide bonds. The first kappa shape index (κ1) is 26.7. The fraction of sp³-hybridized carbons (Fsp3) is 0.476. The van der Waals surface area contributed by atoms with E-state index >= 15 is 0 Å². The van der Waals surface area contributed by atoms with Crippen LogP contribution in [0.4, 0.5) is 0 Å². The van der Waals surface area contributed by atoms with E-state index in [9.17, 15) is 0 Å². The third kappa shape index (κ3) is 6.98. The first-order valence-corrected chi connectivity index (χ1v) is 9.64. The minimum Gasteiger partial charge on any atom is -0.412 e. The van der Waals surface area contributed by atoms with Gasteiger partial charge in [0.25, 0.3) is 0 Å². The van der Waals surface area contributed by atoms with Crippen molar-refractivity contribution in [3.05, 3.63) is 60.2 Å². The fourth-order valence-electron chi connectivity index (χ4n) is 3.06. The van der Waals surface area contributed by atoms with E-state index in [1.807, 2.05) is 26.0 Å². The molecule has 1 fully saturated rings. The second kappa shape index (κ2) is 14.6. The molecule has 148 valence electrons. The Morgan fingerprint density at radius 2 is 1.88 bits per heavy atom. The molecule has 0 aliphatic carbocycles. The number of allylic oxidation sites excluding steroid dienone is 3. The van der Waals surface area contributed by atoms with E-state index in [0.29, 0.717) is 5.92 Å². The summed E-state index contributed by atoms with van der Waals surface area (Å²) >= 11 is 1.72. The Balaban J connectivity index is 0. The number of amidine groups is 1. The van der Waals surface area contributed by atoms with Gasteiger partial charge in [0.05, 0.1) is 0 Å². The second-order valence-corrected chi connectivity index (χ2v) is 6.42. The number of nitrogens with zero attached hydrogens (tertiary/aromatic N) is 2. The molecule has 0 saturated carbocycles. The largest absolute Gasteiger partial charge is 0.412 e. The van der Waals surface area contributed by atoms with Crippen LogP contribution in [0.2, 0.25) is 0 Å². The lowest BCUT2D eigenvalue weighted by Gasteiger charge is -2.37. The van der Waals surface area contributed by atoms with E-state index < -0.39 is 0 Å². The van der Waals surface area contributed by atoms with E-state index in [-0.39, 0.29) is 18.4 Å². The zero-order valence-electron chi connectivity index (χ0n) is 15.4. The molecule has 0 aromatic heterocycles. The van der Waals surface area contributed by atoms with Crippen LogP contribution in [0.25, 0.3) is 0 Å². The molecule has 1 saturated heterocycles. The smallest absolute Gasteiger partial charge is 0.120 e. The molecular formula is C21H36N2O2S. The van der Waals surface area contributed by atoms with Crippen LogP contribution in [0.1, 0.15) is 51.2 Å². The van der Waals surface area contributed by atoms with Gasteiger partial charge in [0, 0.05) is 24.8 Å². The molecule has 4 N–H and O–H groups in total. The van der Waals surface area contributed by atoms with Crippen LogP contribution < -0.4 is 0 Å². The molecular weight excluding hydrogens is 344 g/mol. The second-order valence-electron chi connectivity index (χ2n) is 5.57. The summed E-state index contributed by atoms with van der Waals surface area (Å²) < 4.78 is 4.73. The monoisotopic (exact) mass is 380 g/mol. The first-order chi connectivity index (χ1) is 11.4. The van der Waals surface area contributed by atoms with Crippen molar-refractivity contribution in [2.75, 3.05) is 18.8 Å². The summed E-state index contributed by atoms with van der Waals surface area (Å²) in [6.07, 6.45) is 9.45. The molecule has 26 heavy (non-hydrogen) atoms. The Morgan fingerprint density at radius 1 is 1.19 bits per heavy atom. The minimum absolute atomic E-state index is 0. The van der Waals surface area contributed by atoms with Gasteiger partial charge in [-0.1, -0.05) is 70.3 Å². The molecule has 1 unspecified atom stereocenters. The predicted molar refractivity (Wildman–Crippen MR) is 118 cm³/mol. The molecule has 0 spiro atoms. The van der Waals surface area contributed by atoms with E-state index in [1.165, 1.54) is 36.3 Å². The van der Waals surface area contributed by atoms with E-state index in [1.54, 1.807) is 11.9 Å². The highest BCUT2D eigenvalue weighted by molar-refractivity contribution is 7.98. The van der Waals surface area contributed by atoms with Crippen molar-refractivity contribution in [3.8, 4) is 0 Å². The maximum absolute atomic E-state index is 4.73. The summed E-state index contributed by atoms with van der Waals surface area (Å²) in [5.74, 6) is 2.92. The number of piperidine rings is 1. The minimum atomic E-state index is 0. The highest BCUT2D eigenvalue weighted by Crippen LogP contribution is 2.32. The van der Waals surface area contributed by atoms with Crippen molar-refractivity contribution >= 4 is 17.8 Å². The zero-order valence-corrected chi connectivity index (χ0v) is 16.2. The topological polar surface area (TPSA) is 78.6 Å². The van der Waals surface area contributed by atoms with Crippen molar-refractivity contribution in [1.82, 2.24) is 4.90 Å². The molecule has 3 rings (SSSR count). The van der Waals surface area contributed by atoms with Gasteiger partial charge >= 0.3 is 0 Å². The van der Waals surface area contributed by atoms with Crippen LogP contribution in [0, 0.1) is 0 Å². The maximum Gasteiger partial charge on any atom is 0.120 e. The maximum atomic E-state index is 4.73. The zero-order chi connectivity index (χ0) is 16.5. The van der Waals surface area contributed by atoms with Gasteiger partial charge in [0.2, 0.25) is 0 Å². The van der Waals surface area contributed by atoms with Crippen molar-refractivity contribution in [2.24, 2.45) is 4.40 Å². The molecule has 2 aliphatic heterocycles. The number of hydrogen-bond donors (Lipinski definition) is 0. The molecule has 2 aliphatic rings. The molecule has 1 aromatic rings. The average molecular weight is 381 g/mol. The Hall–Kier alpha value is -1.56. The summed E-state index contributed by atoms with van der Waals surface area (Å²) in [4.78, 5) is 2.48. The molecule has 4 nitrogen and oxygen atoms in total. The van der Waals surface area contributed by atoms with E-state index in [0.717, 1.165) is 18.7 Å². The molecule has 0 radical (unpaired) electrons. The lowest BCUT2D eigenvalue weighted by molar-refractivity contribution is 0.371. The lowest BCUT2D eigenvalue weighted by Crippen LogP contribution is -2.42. The lowest BCUT2D eigenvalue weighted by atomic mass is 9.88. The van der Waals surface area contributed by atoms with Gasteiger partial charge < -0.3 is 15.9 Å². The van der Waals surface area contributed by atoms with Crippen LogP contribution in [-0.4, -0.2) is 40.5 Å². The van der Waals surface area contributed by atoms with Crippen LogP contribution in [-0.2, 0) is 6.42 Å². The summed E-state index contributed by atoms with van der Waals surface area (Å²) in [5.41, 5.74) is 2.77. The molecule has 5 heteroatoms. The molecule has 0 bridgehead atoms. The van der Waals surface area contributed by atoms with Crippen molar-refractivity contribution in [2.45, 2.75) is 46.5 Å². The Kier molecular flexibility index (Phi) is 15.0. The van der Waals surface area contributed by atoms with Gasteiger partial charge in [-0.3, -0.25) is 0 Å². The van der Waals surface area contributed by atoms with Crippen molar-refractivity contribution in [1.29, 1.82) is 0 Å². The Labute approximate surface area is 163 Å². The third-order valence-electron chi connectivity index (χ3n) is 4.17. The summed E-state index contributed by atoms with van der Waals surface area (Å²) in [5, 5.41) is 0. The van der Waals surface area contributed by atoms with Gasteiger partial charge in [-0.25, -0.2) is 4.40 Å². The van der Waals surface area contributed by atoms with Crippen LogP contribution in [0.5, 0.6) is 0 Å². The SMILES string of the molecule is C.C=C/C=C\Cc1ccc(C2CCCN3CCSN=C23)cc1.CC.O.O. The highest BCUT2D eigenvalue weighted by atomic mass is 32.2. The Morgan fingerprint density at radius 3 is 2.54 bits per heavy atom. The number of rotatable bonds is 4. The fourth-order valence-corrected chi connectivity index (χ4v) is 3.83. The van der Waals surface area contributed by atoms with Gasteiger partial charge in [-0.15, -0.1) is 0 Å². The van der Waals surface area contributed by atoms with Gasteiger partial charge in [0.15, 0.2) is 0 Å². The number of benzene rings is 1. The molecule has 2 heterocycles.